The fourth-order valence-electron chi connectivity index (χ4n) is 3.81. The van der Waals surface area contributed by atoms with E-state index >= 15 is 0 Å². The Hall–Kier alpha value is -1.56. The molecule has 0 bridgehead atoms. The van der Waals surface area contributed by atoms with Gasteiger partial charge in [0, 0.05) is 0 Å². The van der Waals surface area contributed by atoms with E-state index in [0.29, 0.717) is 0 Å². The van der Waals surface area contributed by atoms with E-state index in [-0.39, 0.29) is 0 Å². The van der Waals surface area contributed by atoms with Gasteiger partial charge >= 0.3 is 196 Å². The Kier molecular flexibility index (Phi) is 7.72. The van der Waals surface area contributed by atoms with Gasteiger partial charge < -0.3 is 0 Å². The number of nitrogens with zero attached hydrogens (tertiary/aromatic N) is 1. The second kappa shape index (κ2) is 9.93. The fourth-order valence-corrected chi connectivity index (χ4v) is 12.6. The summed E-state index contributed by atoms with van der Waals surface area (Å²) in [5.74, 6) is 0. The van der Waals surface area contributed by atoms with Crippen molar-refractivity contribution in [3.63, 3.8) is 0 Å². The Labute approximate surface area is 195 Å². The van der Waals surface area contributed by atoms with Crippen LogP contribution in [0.4, 0.5) is 0 Å². The van der Waals surface area contributed by atoms with Crippen LogP contribution in [0.25, 0.3) is 0 Å². The van der Waals surface area contributed by atoms with Crippen molar-refractivity contribution in [1.82, 2.24) is 3.05 Å². The normalized spacial score (nSPS) is 14.4. The van der Waals surface area contributed by atoms with Crippen LogP contribution in [0.3, 0.4) is 0 Å². The van der Waals surface area contributed by atoms with E-state index < -0.39 is 37.3 Å². The third-order valence-electron chi connectivity index (χ3n) is 5.03. The molecule has 0 aliphatic rings. The predicted octanol–water partition coefficient (Wildman–Crippen LogP) is 4.63. The first-order valence-electron chi connectivity index (χ1n) is 9.87. The van der Waals surface area contributed by atoms with Crippen LogP contribution in [0.1, 0.15) is 39.9 Å². The third kappa shape index (κ3) is 5.44. The zero-order valence-electron chi connectivity index (χ0n) is 18.1. The van der Waals surface area contributed by atoms with Crippen LogP contribution >= 0.6 is 9.69 Å². The van der Waals surface area contributed by atoms with E-state index in [9.17, 15) is 8.42 Å². The molecule has 0 fully saturated rings. The summed E-state index contributed by atoms with van der Waals surface area (Å²) in [6.45, 7) is 6.02. The second-order valence-corrected chi connectivity index (χ2v) is 14.3. The Morgan fingerprint density at radius 1 is 0.871 bits per heavy atom. The zero-order valence-corrected chi connectivity index (χ0v) is 21.4. The van der Waals surface area contributed by atoms with Gasteiger partial charge in [0.05, 0.1) is 0 Å². The molecule has 0 radical (unpaired) electrons. The average Bonchev–Trinajstić information content (AvgIpc) is 2.71. The number of hydrogen-bond acceptors (Lipinski definition) is 3. The summed E-state index contributed by atoms with van der Waals surface area (Å²) in [4.78, 5) is 0. The molecule has 4 nitrogen and oxygen atoms in total. The first-order chi connectivity index (χ1) is 14.6. The first kappa shape index (κ1) is 24.1. The molecule has 3 aromatic rings. The SMILES string of the molecule is Cc1cc(C)[c]([Ru]([Cl])[N](C(c2ccccc2)C(N)c2ccccc2)S(C)(=O)=O)c(C)c1. The summed E-state index contributed by atoms with van der Waals surface area (Å²) < 4.78 is 28.8. The molecule has 0 aromatic heterocycles. The van der Waals surface area contributed by atoms with Crippen LogP contribution in [-0.2, 0) is 25.2 Å². The monoisotopic (exact) mass is 545 g/mol. The molecule has 0 saturated carbocycles. The zero-order chi connectivity index (χ0) is 22.8. The van der Waals surface area contributed by atoms with Crippen molar-refractivity contribution >= 4 is 23.9 Å². The minimum atomic E-state index is -3.67. The number of nitrogens with two attached hydrogens (primary N) is 1. The predicted molar refractivity (Wildman–Crippen MR) is 125 cm³/mol. The standard InChI is InChI=1S/C15H17N2O2S.C9H11.ClH.Ru/c1-20(18,19)17-15(13-10-6-3-7-11-13)14(16)12-8-4-2-5-9-12;1-7-4-8(2)6-9(3)5-7;;/h2-11,14-15H,16H2,1H3;4-5H,1-3H3;1H;/q-1;;;+2/p-1. The maximum absolute atomic E-state index is 13.2. The molecule has 3 aromatic carbocycles. The average molecular weight is 545 g/mol. The van der Waals surface area contributed by atoms with Gasteiger partial charge in [0.1, 0.15) is 0 Å². The van der Waals surface area contributed by atoms with Gasteiger partial charge in [0.15, 0.2) is 0 Å². The molecule has 7 heteroatoms. The van der Waals surface area contributed by atoms with E-state index in [0.717, 1.165) is 32.0 Å². The van der Waals surface area contributed by atoms with E-state index in [1.54, 1.807) is 0 Å². The molecular weight excluding hydrogens is 517 g/mol. The van der Waals surface area contributed by atoms with Crippen molar-refractivity contribution in [3.8, 4) is 0 Å². The quantitative estimate of drug-likeness (QED) is 0.441. The Morgan fingerprint density at radius 2 is 1.32 bits per heavy atom. The number of rotatable bonds is 7. The number of benzene rings is 3. The van der Waals surface area contributed by atoms with Gasteiger partial charge in [-0.2, -0.15) is 0 Å². The second-order valence-electron chi connectivity index (χ2n) is 7.69. The number of hydrogen-bond donors (Lipinski definition) is 1. The van der Waals surface area contributed by atoms with Crippen LogP contribution in [0.2, 0.25) is 0 Å². The molecule has 2 atom stereocenters. The molecule has 0 saturated heterocycles. The molecule has 0 spiro atoms. The molecule has 3 rings (SSSR count). The summed E-state index contributed by atoms with van der Waals surface area (Å²) in [5, 5.41) is 0. The molecule has 2 N–H and O–H groups in total. The van der Waals surface area contributed by atoms with Crippen molar-refractivity contribution in [2.75, 3.05) is 6.26 Å². The first-order valence-corrected chi connectivity index (χ1v) is 15.6. The summed E-state index contributed by atoms with van der Waals surface area (Å²) >= 11 is -2.73. The Morgan fingerprint density at radius 3 is 1.77 bits per heavy atom. The van der Waals surface area contributed by atoms with Gasteiger partial charge in [-0.05, 0) is 0 Å². The Balaban J connectivity index is 2.22. The Bertz CT molecular complexity index is 1120. The van der Waals surface area contributed by atoms with E-state index in [4.69, 9.17) is 15.4 Å². The number of sulfonamides is 1. The molecule has 167 valence electrons. The number of aryl methyl sites for hydroxylation is 3. The minimum absolute atomic E-state index is 0.570. The van der Waals surface area contributed by atoms with Crippen LogP contribution in [0.15, 0.2) is 72.8 Å². The van der Waals surface area contributed by atoms with Crippen LogP contribution in [0, 0.1) is 20.8 Å². The fraction of sp³-hybridized carbons (Fsp3) is 0.250. The summed E-state index contributed by atoms with van der Waals surface area (Å²) in [6, 6.07) is 22.0. The van der Waals surface area contributed by atoms with Gasteiger partial charge in [-0.25, -0.2) is 0 Å². The van der Waals surface area contributed by atoms with Crippen molar-refractivity contribution in [2.45, 2.75) is 32.9 Å². The summed E-state index contributed by atoms with van der Waals surface area (Å²) in [5.41, 5.74) is 11.6. The van der Waals surface area contributed by atoms with Crippen LogP contribution in [-0.4, -0.2) is 17.7 Å². The topological polar surface area (TPSA) is 63.4 Å². The number of halogens is 1. The molecule has 0 aliphatic carbocycles. The molecule has 31 heavy (non-hydrogen) atoms. The summed E-state index contributed by atoms with van der Waals surface area (Å²) in [6.07, 6.45) is 1.23. The van der Waals surface area contributed by atoms with Crippen molar-refractivity contribution in [2.24, 2.45) is 5.73 Å². The maximum atomic E-state index is 13.2. The molecule has 2 unspecified atom stereocenters. The van der Waals surface area contributed by atoms with Crippen LogP contribution < -0.4 is 9.89 Å². The molecule has 0 aliphatic heterocycles. The van der Waals surface area contributed by atoms with Gasteiger partial charge in [-0.15, -0.1) is 0 Å². The molecule has 0 amide bonds. The van der Waals surface area contributed by atoms with E-state index in [1.165, 1.54) is 9.30 Å². The van der Waals surface area contributed by atoms with Crippen molar-refractivity contribution in [3.05, 3.63) is 101 Å². The van der Waals surface area contributed by atoms with E-state index in [2.05, 4.69) is 12.1 Å². The van der Waals surface area contributed by atoms with Gasteiger partial charge in [0.25, 0.3) is 0 Å². The van der Waals surface area contributed by atoms with Crippen LogP contribution in [0.5, 0.6) is 0 Å². The van der Waals surface area contributed by atoms with E-state index in [1.807, 2.05) is 81.4 Å². The van der Waals surface area contributed by atoms with Gasteiger partial charge in [0.2, 0.25) is 0 Å². The third-order valence-corrected chi connectivity index (χ3v) is 13.6. The molecule has 0 heterocycles. The van der Waals surface area contributed by atoms with Gasteiger partial charge in [-0.3, -0.25) is 0 Å². The van der Waals surface area contributed by atoms with Crippen molar-refractivity contribution < 1.29 is 23.6 Å². The molecular formula is C24H28ClN2O2RuS. The van der Waals surface area contributed by atoms with Crippen molar-refractivity contribution in [1.29, 1.82) is 0 Å². The summed E-state index contributed by atoms with van der Waals surface area (Å²) in [7, 11) is 3.46. The van der Waals surface area contributed by atoms with Gasteiger partial charge in [-0.1, -0.05) is 0 Å².